The Kier molecular flexibility index (Phi) is 52.5. The number of carboxylic acid groups (broad SMARTS) is 1. The second-order valence-electron chi connectivity index (χ2n) is 36.2. The first-order chi connectivity index (χ1) is 69.2. The van der Waals surface area contributed by atoms with Gasteiger partial charge in [-0.2, -0.15) is 27.6 Å². The summed E-state index contributed by atoms with van der Waals surface area (Å²) in [5.41, 5.74) is -1.09. The Bertz CT molecular complexity index is 5140. The number of aliphatic hydroxyl groups excluding tert-OH is 9. The number of hydrogen-bond donors (Lipinski definition) is 13. The fourth-order valence-electron chi connectivity index (χ4n) is 13.1. The molecule has 3 aromatic carbocycles. The van der Waals surface area contributed by atoms with Gasteiger partial charge in [0.1, 0.15) is 152 Å². The lowest BCUT2D eigenvalue weighted by atomic mass is 9.97. The minimum Gasteiger partial charge on any atom is -0.491 e. The summed E-state index contributed by atoms with van der Waals surface area (Å²) >= 11 is 0. The van der Waals surface area contributed by atoms with E-state index in [1.54, 1.807) is 92.6 Å². The zero-order chi connectivity index (χ0) is 110. The monoisotopic (exact) mass is 2110 g/mol. The number of imide groups is 3. The van der Waals surface area contributed by atoms with E-state index in [1.807, 2.05) is 0 Å². The molecule has 147 heavy (non-hydrogen) atoms. The average molecular weight is 2110 g/mol. The molecule has 0 unspecified atom stereocenters. The number of amides is 8. The van der Waals surface area contributed by atoms with Gasteiger partial charge < -0.3 is 133 Å². The number of Topliss-reactive ketones (excluding diaryl/α,β-unsaturated/α-hetero) is 2. The van der Waals surface area contributed by atoms with Gasteiger partial charge in [-0.1, -0.05) is 6.42 Å². The third-order valence-corrected chi connectivity index (χ3v) is 22.0. The smallest absolute Gasteiger partial charge is 0.373 e. The van der Waals surface area contributed by atoms with E-state index in [-0.39, 0.29) is 176 Å². The summed E-state index contributed by atoms with van der Waals surface area (Å²) in [7, 11) is -4.72. The molecule has 3 saturated heterocycles. The van der Waals surface area contributed by atoms with E-state index in [4.69, 9.17) is 90.2 Å². The third kappa shape index (κ3) is 43.7. The van der Waals surface area contributed by atoms with Crippen LogP contribution in [0.4, 0.5) is 0 Å². The van der Waals surface area contributed by atoms with Gasteiger partial charge in [0.25, 0.3) is 45.6 Å². The molecule has 0 bridgehead atoms. The lowest BCUT2D eigenvalue weighted by Crippen LogP contribution is -2.61. The molecule has 814 valence electrons. The average Bonchev–Trinajstić information content (AvgIpc) is 1.36. The molecule has 0 radical (unpaired) electrons. The van der Waals surface area contributed by atoms with Crippen molar-refractivity contribution >= 4 is 105 Å². The molecule has 14 atom stereocenters. The first-order valence-electron chi connectivity index (χ1n) is 46.1. The van der Waals surface area contributed by atoms with Crippen LogP contribution in [0.15, 0.2) is 91.1 Å². The number of aliphatic carboxylic acids is 1. The van der Waals surface area contributed by atoms with E-state index in [0.717, 1.165) is 28.4 Å². The summed E-state index contributed by atoms with van der Waals surface area (Å²) in [5, 5.41) is 105. The predicted molar refractivity (Wildman–Crippen MR) is 493 cm³/mol. The number of benzene rings is 3. The molecule has 6 heterocycles. The fourth-order valence-corrected chi connectivity index (χ4v) is 13.7. The predicted octanol–water partition coefficient (Wildman–Crippen LogP) is -1.44. The number of ether oxygens (including phenoxy) is 15. The van der Waals surface area contributed by atoms with Crippen molar-refractivity contribution in [3.8, 4) is 34.5 Å². The lowest BCUT2D eigenvalue weighted by Gasteiger charge is -2.38. The van der Waals surface area contributed by atoms with E-state index in [9.17, 15) is 131 Å². The van der Waals surface area contributed by atoms with Crippen LogP contribution in [0.3, 0.4) is 0 Å². The molecule has 6 aliphatic heterocycles. The number of carboxylic acids is 1. The maximum absolute atomic E-state index is 12.6. The number of rotatable bonds is 52. The Hall–Kier alpha value is -12.7. The first-order valence-corrected chi connectivity index (χ1v) is 47.8. The van der Waals surface area contributed by atoms with Gasteiger partial charge in [0, 0.05) is 143 Å². The molecule has 0 saturated carbocycles. The van der Waals surface area contributed by atoms with Crippen LogP contribution in [0.1, 0.15) is 143 Å². The van der Waals surface area contributed by atoms with Gasteiger partial charge in [-0.05, 0) is 124 Å². The van der Waals surface area contributed by atoms with Gasteiger partial charge in [-0.25, -0.2) is 4.79 Å². The van der Waals surface area contributed by atoms with Gasteiger partial charge in [0.05, 0.1) is 55.9 Å². The highest BCUT2D eigenvalue weighted by Crippen LogP contribution is 2.35. The summed E-state index contributed by atoms with van der Waals surface area (Å²) < 4.78 is 115. The lowest BCUT2D eigenvalue weighted by molar-refractivity contribution is -0.271. The van der Waals surface area contributed by atoms with Gasteiger partial charge >= 0.3 is 36.2 Å². The molecule has 3 fully saturated rings. The third-order valence-electron chi connectivity index (χ3n) is 21.2. The Labute approximate surface area is 843 Å². The van der Waals surface area contributed by atoms with Gasteiger partial charge in [-0.15, -0.1) is 0 Å². The summed E-state index contributed by atoms with van der Waals surface area (Å²) in [5.74, 6) is -7.33. The molecule has 0 spiro atoms. The van der Waals surface area contributed by atoms with Crippen LogP contribution in [0.25, 0.3) is 0 Å². The van der Waals surface area contributed by atoms with Gasteiger partial charge in [0.2, 0.25) is 30.7 Å². The van der Waals surface area contributed by atoms with Gasteiger partial charge in [-0.3, -0.25) is 81.6 Å². The number of nitrogens with one attached hydrogen (secondary N) is 2. The molecule has 3 aromatic rings. The summed E-state index contributed by atoms with van der Waals surface area (Å²) in [6, 6.07) is 12.2. The maximum atomic E-state index is 12.6. The molecule has 6 aliphatic rings. The Morgan fingerprint density at radius 3 is 1.13 bits per heavy atom. The quantitative estimate of drug-likeness (QED) is 0.0101. The highest BCUT2D eigenvalue weighted by atomic mass is 32.2. The highest BCUT2D eigenvalue weighted by molar-refractivity contribution is 7.85. The van der Waals surface area contributed by atoms with E-state index in [0.29, 0.717) is 80.9 Å². The van der Waals surface area contributed by atoms with Crippen LogP contribution in [0, 0.1) is 16.2 Å². The molecule has 9 rings (SSSR count). The van der Waals surface area contributed by atoms with Crippen molar-refractivity contribution < 1.29 is 221 Å². The van der Waals surface area contributed by atoms with Crippen LogP contribution in [-0.4, -0.2) is 364 Å². The number of aliphatic hydroxyl groups is 9. The number of carbonyl (C=O) groups excluding carboxylic acids is 17. The molecule has 51 nitrogen and oxygen atoms in total. The summed E-state index contributed by atoms with van der Waals surface area (Å²) in [4.78, 5) is 202. The minimum atomic E-state index is -4.72. The number of nitrogens with zero attached hydrogens (tertiary/aromatic N) is 3. The van der Waals surface area contributed by atoms with Crippen molar-refractivity contribution in [2.75, 3.05) is 105 Å². The SMILES string of the molecule is CC(C)(C)C(=O)OCc1ccc(OCCOCCCC(=O)CCCCCN2C(=O)C=CC2=O)cc1O[C@@H]1OC[C@@H](O)[C@H](O)[C@H]1O.CC(C)(C)C(=O)OCc1ccc(OCCOCCCC(=O)CCN2C(=O)C=CC2=O)cc1O[C@@H]1OC[C@@H](O)[C@H](O)[C@H]1O.CC(C)(C)C(=O)OCc1ccc(OCCOCCNC(=O)[C@H](CS(=O)(=O)O)NC(=O)CCN2C(=O)C=CC2=O)cc1O[C@@H]1O[C@H](C(=O)O)[C@@H](O)[C@H](O)[C@H]1O.O=C=O.O=C=O. The Morgan fingerprint density at radius 1 is 0.422 bits per heavy atom. The van der Waals surface area contributed by atoms with Crippen LogP contribution in [0.5, 0.6) is 34.5 Å². The van der Waals surface area contributed by atoms with Crippen LogP contribution in [0.2, 0.25) is 0 Å². The largest absolute Gasteiger partial charge is 0.491 e. The fraction of sp³-hybridized carbons (Fsp3) is 0.579. The second kappa shape index (κ2) is 61.8. The number of unbranched alkanes of at least 4 members (excludes halogenated alkanes) is 2. The summed E-state index contributed by atoms with van der Waals surface area (Å²) in [6.07, 6.45) is -9.14. The summed E-state index contributed by atoms with van der Waals surface area (Å²) in [6.45, 7) is 15.5. The Morgan fingerprint density at radius 2 is 0.762 bits per heavy atom. The minimum absolute atomic E-state index is 0.0557. The molecular formula is C95H127N5O46S. The Balaban J connectivity index is 0.000000380. The van der Waals surface area contributed by atoms with E-state index in [1.165, 1.54) is 53.5 Å². The molecule has 0 aliphatic carbocycles. The molecular weight excluding hydrogens is 1980 g/mol. The van der Waals surface area contributed by atoms with Crippen LogP contribution < -0.4 is 39.1 Å². The van der Waals surface area contributed by atoms with Crippen LogP contribution in [-0.2, 0) is 159 Å². The molecule has 8 amide bonds. The zero-order valence-corrected chi connectivity index (χ0v) is 83.0. The van der Waals surface area contributed by atoms with Crippen molar-refractivity contribution in [1.82, 2.24) is 25.3 Å². The number of carbonyl (C=O) groups is 14. The highest BCUT2D eigenvalue weighted by Gasteiger charge is 2.49. The standard InChI is InChI=1S/C32H43N3O18S.C32H45NO12.C29H39NO12.2CO2/c1-32(2,3)31(45)51-15-17-4-5-18(14-20(17)52-30-26(41)24(39)25(40)27(53-30)29(43)44)50-13-12-49-11-9-33-28(42)19(16-54(46,47)48)34-21(36)8-10-35-22(37)6-7-23(35)38;1-32(2,3)31(40)44-19-21-10-11-23(18-25(21)45-30-29(39)28(38)24(35)20-43-30)42-17-16-41-15-7-9-22(34)8-5-4-6-14-33-26(36)12-13-27(33)37;1-29(2,3)28(37)41-16-18-6-7-20(15-22(18)42-27-26(36)25(35)21(32)17-40-27)39-14-13-38-12-4-5-19(31)10-11-30-23(33)8-9-24(30)34;2*2-1-3/h4-7,14,19,24-27,30,39-41H,8-13,15-16H2,1-3H3,(H,33,42)(H,34,36)(H,43,44)(H,46,47,48);10-13,18,24,28-30,35,38-39H,4-9,14-17,19-20H2,1-3H3;6-9,15,21,25-27,32,35-36H,4-5,10-14,16-17H2,1-3H3;;/t19-,24-,25-,26+,27-,30+;24-,28+,29-,30+;21-,25+,26-,27+;;/m011../s1. The van der Waals surface area contributed by atoms with E-state index < -0.39 is 184 Å². The molecule has 52 heteroatoms. The number of ketones is 2. The molecule has 0 aromatic heterocycles. The maximum Gasteiger partial charge on any atom is 0.373 e. The van der Waals surface area contributed by atoms with Crippen molar-refractivity contribution in [3.63, 3.8) is 0 Å². The number of hydrogen-bond acceptors (Lipinski definition) is 44. The van der Waals surface area contributed by atoms with E-state index in [2.05, 4.69) is 10.6 Å². The van der Waals surface area contributed by atoms with Crippen molar-refractivity contribution in [1.29, 1.82) is 0 Å². The van der Waals surface area contributed by atoms with Gasteiger partial charge in [0.15, 0.2) is 6.10 Å². The van der Waals surface area contributed by atoms with Crippen molar-refractivity contribution in [2.45, 2.75) is 232 Å². The van der Waals surface area contributed by atoms with Crippen LogP contribution >= 0.6 is 0 Å². The molecule has 13 N–H and O–H groups in total. The van der Waals surface area contributed by atoms with Crippen molar-refractivity contribution in [2.24, 2.45) is 16.2 Å². The topological polar surface area (TPSA) is 736 Å². The number of esters is 3. The second-order valence-corrected chi connectivity index (χ2v) is 37.7. The zero-order valence-electron chi connectivity index (χ0n) is 82.2. The van der Waals surface area contributed by atoms with Crippen molar-refractivity contribution in [3.05, 3.63) is 108 Å². The first kappa shape index (κ1) is 125. The normalized spacial score (nSPS) is 21.2. The van der Waals surface area contributed by atoms with E-state index >= 15 is 0 Å².